The van der Waals surface area contributed by atoms with E-state index in [1.165, 1.54) is 0 Å². The van der Waals surface area contributed by atoms with Crippen molar-refractivity contribution < 1.29 is 12.6 Å². The fourth-order valence-corrected chi connectivity index (χ4v) is 2.49. The Kier molecular flexibility index (Phi) is 4.98. The first-order valence-corrected chi connectivity index (χ1v) is 8.50. The van der Waals surface area contributed by atoms with E-state index in [9.17, 15) is 8.42 Å². The van der Waals surface area contributed by atoms with Gasteiger partial charge in [0, 0.05) is 18.3 Å². The van der Waals surface area contributed by atoms with Crippen molar-refractivity contribution in [1.82, 2.24) is 10.6 Å². The molecule has 0 radical (unpaired) electrons. The molecule has 2 rings (SSSR count). The van der Waals surface area contributed by atoms with Crippen molar-refractivity contribution in [3.63, 3.8) is 0 Å². The number of benzene rings is 1. The minimum atomic E-state index is -3.55. The minimum absolute atomic E-state index is 0.211. The fraction of sp³-hybridized carbons (Fsp3) is 0.357. The number of amidine groups is 1. The van der Waals surface area contributed by atoms with Crippen molar-refractivity contribution in [3.8, 4) is 0 Å². The molecule has 114 valence electrons. The summed E-state index contributed by atoms with van der Waals surface area (Å²) in [4.78, 5) is 4.33. The molecule has 0 bridgehead atoms. The number of nitrogens with one attached hydrogen (secondary N) is 2. The zero-order valence-electron chi connectivity index (χ0n) is 12.0. The average molecular weight is 309 g/mol. The maximum absolute atomic E-state index is 11.3. The van der Waals surface area contributed by atoms with Gasteiger partial charge in [-0.25, -0.2) is 4.18 Å². The second kappa shape index (κ2) is 6.73. The molecular weight excluding hydrogens is 290 g/mol. The van der Waals surface area contributed by atoms with E-state index in [1.54, 1.807) is 0 Å². The van der Waals surface area contributed by atoms with Gasteiger partial charge in [0.2, 0.25) is 0 Å². The molecule has 0 amide bonds. The van der Waals surface area contributed by atoms with Crippen LogP contribution < -0.4 is 10.6 Å². The Bertz CT molecular complexity index is 639. The van der Waals surface area contributed by atoms with Crippen LogP contribution in [-0.4, -0.2) is 39.8 Å². The van der Waals surface area contributed by atoms with Crippen molar-refractivity contribution >= 4 is 21.7 Å². The highest BCUT2D eigenvalue weighted by molar-refractivity contribution is 7.86. The highest BCUT2D eigenvalue weighted by Gasteiger charge is 2.19. The topological polar surface area (TPSA) is 79.8 Å². The lowest BCUT2D eigenvalue weighted by molar-refractivity contribution is 0.203. The van der Waals surface area contributed by atoms with E-state index in [1.807, 2.05) is 43.3 Å². The molecule has 6 nitrogen and oxygen atoms in total. The number of hydrogen-bond donors (Lipinski definition) is 2. The summed E-state index contributed by atoms with van der Waals surface area (Å²) >= 11 is 0. The Hall–Kier alpha value is -1.86. The van der Waals surface area contributed by atoms with Crippen LogP contribution in [0.4, 0.5) is 0 Å². The molecule has 1 aliphatic heterocycles. The summed E-state index contributed by atoms with van der Waals surface area (Å²) in [5.74, 6) is 0.698. The second-order valence-corrected chi connectivity index (χ2v) is 6.21. The molecule has 1 heterocycles. The van der Waals surface area contributed by atoms with Crippen molar-refractivity contribution in [1.29, 1.82) is 0 Å². The van der Waals surface area contributed by atoms with Crippen LogP contribution in [0.1, 0.15) is 12.5 Å². The quantitative estimate of drug-likeness (QED) is 0.809. The molecule has 1 aromatic rings. The molecule has 7 heteroatoms. The van der Waals surface area contributed by atoms with Gasteiger partial charge in [-0.2, -0.15) is 8.42 Å². The maximum Gasteiger partial charge on any atom is 0.266 e. The molecule has 1 unspecified atom stereocenters. The third-order valence-electron chi connectivity index (χ3n) is 2.76. The molecule has 1 atom stereocenters. The highest BCUT2D eigenvalue weighted by atomic mass is 32.2. The van der Waals surface area contributed by atoms with Crippen LogP contribution in [0, 0.1) is 0 Å². The van der Waals surface area contributed by atoms with Gasteiger partial charge in [0.25, 0.3) is 10.1 Å². The summed E-state index contributed by atoms with van der Waals surface area (Å²) < 4.78 is 27.7. The maximum atomic E-state index is 11.3. The fourth-order valence-electron chi connectivity index (χ4n) is 1.96. The van der Waals surface area contributed by atoms with Crippen LogP contribution in [-0.2, 0) is 14.3 Å². The smallest absolute Gasteiger partial charge is 0.266 e. The summed E-state index contributed by atoms with van der Waals surface area (Å²) in [7, 11) is -3.55. The van der Waals surface area contributed by atoms with Gasteiger partial charge in [-0.05, 0) is 12.5 Å². The number of rotatable bonds is 4. The van der Waals surface area contributed by atoms with Crippen molar-refractivity contribution in [2.45, 2.75) is 13.2 Å². The Balaban J connectivity index is 2.29. The third kappa shape index (κ3) is 4.87. The first-order valence-electron chi connectivity index (χ1n) is 6.68. The highest BCUT2D eigenvalue weighted by Crippen LogP contribution is 2.15. The normalized spacial score (nSPS) is 19.0. The molecule has 0 aliphatic carbocycles. The molecule has 0 fully saturated rings. The summed E-state index contributed by atoms with van der Waals surface area (Å²) in [5.41, 5.74) is 1.70. The lowest BCUT2D eigenvalue weighted by atomic mass is 10.1. The largest absolute Gasteiger partial charge is 0.371 e. The van der Waals surface area contributed by atoms with E-state index in [-0.39, 0.29) is 6.54 Å². The molecule has 0 saturated carbocycles. The molecule has 1 aromatic carbocycles. The predicted molar refractivity (Wildman–Crippen MR) is 83.3 cm³/mol. The van der Waals surface area contributed by atoms with Crippen molar-refractivity contribution in [3.05, 3.63) is 42.0 Å². The van der Waals surface area contributed by atoms with E-state index in [0.29, 0.717) is 5.84 Å². The molecule has 1 aliphatic rings. The minimum Gasteiger partial charge on any atom is -0.371 e. The Morgan fingerprint density at radius 2 is 2.10 bits per heavy atom. The Labute approximate surface area is 125 Å². The monoisotopic (exact) mass is 309 g/mol. The van der Waals surface area contributed by atoms with Gasteiger partial charge in [0.1, 0.15) is 5.84 Å². The van der Waals surface area contributed by atoms with Crippen LogP contribution in [0.3, 0.4) is 0 Å². The molecular formula is C14H19N3O3S. The zero-order valence-corrected chi connectivity index (χ0v) is 12.9. The van der Waals surface area contributed by atoms with E-state index in [2.05, 4.69) is 15.6 Å². The van der Waals surface area contributed by atoms with E-state index < -0.39 is 16.3 Å². The second-order valence-electron chi connectivity index (χ2n) is 4.61. The number of hydrogen-bond acceptors (Lipinski definition) is 6. The zero-order chi connectivity index (χ0) is 15.3. The standard InChI is InChI=1S/C14H19N3O3S/c1-3-15-13-9-12(11-7-5-4-6-8-11)17-14(10-16-13)20-21(2,18)19/h4-9,14,17H,3,10H2,1-2H3,(H,15,16). The lowest BCUT2D eigenvalue weighted by Crippen LogP contribution is -2.34. The third-order valence-corrected chi connectivity index (χ3v) is 3.34. The van der Waals surface area contributed by atoms with E-state index >= 15 is 0 Å². The van der Waals surface area contributed by atoms with Gasteiger partial charge in [0.15, 0.2) is 6.23 Å². The lowest BCUT2D eigenvalue weighted by Gasteiger charge is -2.17. The predicted octanol–water partition coefficient (Wildman–Crippen LogP) is 0.941. The van der Waals surface area contributed by atoms with Crippen LogP contribution in [0.2, 0.25) is 0 Å². The SMILES string of the molecule is CCNC1=NCC(OS(C)(=O)=O)NC(c2ccccc2)=C1. The van der Waals surface area contributed by atoms with Gasteiger partial charge >= 0.3 is 0 Å². The van der Waals surface area contributed by atoms with Gasteiger partial charge in [-0.1, -0.05) is 30.3 Å². The first-order chi connectivity index (χ1) is 9.98. The molecule has 21 heavy (non-hydrogen) atoms. The molecule has 0 saturated heterocycles. The number of aliphatic imine (C=N–C) groups is 1. The van der Waals surface area contributed by atoms with Crippen LogP contribution in [0.25, 0.3) is 5.70 Å². The molecule has 0 spiro atoms. The van der Waals surface area contributed by atoms with Crippen molar-refractivity contribution in [2.75, 3.05) is 19.3 Å². The van der Waals surface area contributed by atoms with E-state index in [4.69, 9.17) is 4.18 Å². The Morgan fingerprint density at radius 3 is 2.71 bits per heavy atom. The van der Waals surface area contributed by atoms with Crippen LogP contribution in [0.15, 0.2) is 41.4 Å². The van der Waals surface area contributed by atoms with Gasteiger partial charge in [-0.15, -0.1) is 0 Å². The molecule has 0 aromatic heterocycles. The summed E-state index contributed by atoms with van der Waals surface area (Å²) in [6.07, 6.45) is 2.16. The molecule has 2 N–H and O–H groups in total. The van der Waals surface area contributed by atoms with Crippen molar-refractivity contribution in [2.24, 2.45) is 4.99 Å². The van der Waals surface area contributed by atoms with Gasteiger partial charge in [0.05, 0.1) is 12.8 Å². The number of nitrogens with zero attached hydrogens (tertiary/aromatic N) is 1. The van der Waals surface area contributed by atoms with Gasteiger partial charge in [-0.3, -0.25) is 4.99 Å². The van der Waals surface area contributed by atoms with Crippen LogP contribution in [0.5, 0.6) is 0 Å². The summed E-state index contributed by atoms with van der Waals surface area (Å²) in [6.45, 7) is 2.92. The summed E-state index contributed by atoms with van der Waals surface area (Å²) in [6, 6.07) is 9.62. The average Bonchev–Trinajstić information content (AvgIpc) is 2.61. The Morgan fingerprint density at radius 1 is 1.38 bits per heavy atom. The summed E-state index contributed by atoms with van der Waals surface area (Å²) in [5, 5.41) is 6.22. The van der Waals surface area contributed by atoms with E-state index in [0.717, 1.165) is 24.1 Å². The first kappa shape index (κ1) is 15.5. The number of likely N-dealkylation sites (N-methyl/N-ethyl adjacent to an activating group) is 1. The van der Waals surface area contributed by atoms with Crippen LogP contribution >= 0.6 is 0 Å². The van der Waals surface area contributed by atoms with Gasteiger partial charge < -0.3 is 10.6 Å².